The quantitative estimate of drug-likeness (QED) is 0.866. The van der Waals surface area contributed by atoms with Gasteiger partial charge in [0, 0.05) is 24.8 Å². The molecule has 0 aliphatic carbocycles. The van der Waals surface area contributed by atoms with E-state index in [1.807, 2.05) is 12.1 Å². The van der Waals surface area contributed by atoms with Crippen molar-refractivity contribution in [1.82, 2.24) is 5.32 Å². The average Bonchev–Trinajstić information content (AvgIpc) is 2.45. The maximum Gasteiger partial charge on any atom is 0.142 e. The number of benzene rings is 1. The fourth-order valence-electron chi connectivity index (χ4n) is 2.28. The first-order chi connectivity index (χ1) is 9.66. The molecule has 4 heteroatoms. The molecule has 0 aromatic heterocycles. The summed E-state index contributed by atoms with van der Waals surface area (Å²) >= 11 is 6.27. The lowest BCUT2D eigenvalue weighted by Gasteiger charge is -2.23. The van der Waals surface area contributed by atoms with Crippen molar-refractivity contribution < 1.29 is 9.47 Å². The highest BCUT2D eigenvalue weighted by molar-refractivity contribution is 6.32. The molecular formula is C16H24ClNO2. The topological polar surface area (TPSA) is 30.5 Å². The molecular weight excluding hydrogens is 274 g/mol. The van der Waals surface area contributed by atoms with E-state index in [1.165, 1.54) is 6.42 Å². The van der Waals surface area contributed by atoms with E-state index in [9.17, 15) is 0 Å². The first kappa shape index (κ1) is 15.6. The van der Waals surface area contributed by atoms with Gasteiger partial charge in [0.2, 0.25) is 0 Å². The van der Waals surface area contributed by atoms with E-state index >= 15 is 0 Å². The molecule has 1 saturated heterocycles. The molecule has 3 nitrogen and oxygen atoms in total. The van der Waals surface area contributed by atoms with Crippen LogP contribution in [0.1, 0.15) is 38.7 Å². The smallest absolute Gasteiger partial charge is 0.142 e. The summed E-state index contributed by atoms with van der Waals surface area (Å²) in [4.78, 5) is 0. The van der Waals surface area contributed by atoms with Gasteiger partial charge in [0.05, 0.1) is 11.1 Å². The van der Waals surface area contributed by atoms with Crippen LogP contribution in [0.3, 0.4) is 0 Å². The van der Waals surface area contributed by atoms with E-state index in [2.05, 4.69) is 25.2 Å². The number of hydrogen-bond acceptors (Lipinski definition) is 3. The summed E-state index contributed by atoms with van der Waals surface area (Å²) in [6.45, 7) is 6.44. The Labute approximate surface area is 126 Å². The second-order valence-electron chi connectivity index (χ2n) is 5.56. The number of hydrogen-bond donors (Lipinski definition) is 1. The van der Waals surface area contributed by atoms with Crippen LogP contribution in [0, 0.1) is 0 Å². The van der Waals surface area contributed by atoms with Gasteiger partial charge >= 0.3 is 0 Å². The molecule has 20 heavy (non-hydrogen) atoms. The fraction of sp³-hybridized carbons (Fsp3) is 0.625. The highest BCUT2D eigenvalue weighted by Crippen LogP contribution is 2.29. The number of rotatable bonds is 6. The van der Waals surface area contributed by atoms with Crippen molar-refractivity contribution in [3.63, 3.8) is 0 Å². The monoisotopic (exact) mass is 297 g/mol. The zero-order chi connectivity index (χ0) is 14.4. The second kappa shape index (κ2) is 7.87. The van der Waals surface area contributed by atoms with E-state index < -0.39 is 0 Å². The Hall–Kier alpha value is -0.770. The van der Waals surface area contributed by atoms with Crippen molar-refractivity contribution in [2.75, 3.05) is 13.2 Å². The van der Waals surface area contributed by atoms with Crippen LogP contribution >= 0.6 is 11.6 Å². The molecule has 0 saturated carbocycles. The Morgan fingerprint density at radius 3 is 2.95 bits per heavy atom. The normalized spacial score (nSPS) is 19.3. The van der Waals surface area contributed by atoms with Crippen molar-refractivity contribution in [2.24, 2.45) is 0 Å². The molecule has 1 aromatic carbocycles. The summed E-state index contributed by atoms with van der Waals surface area (Å²) in [5.41, 5.74) is 1.10. The van der Waals surface area contributed by atoms with Crippen molar-refractivity contribution in [1.29, 1.82) is 0 Å². The maximum absolute atomic E-state index is 6.27. The third-order valence-electron chi connectivity index (χ3n) is 3.44. The molecule has 2 rings (SSSR count). The molecule has 1 unspecified atom stereocenters. The maximum atomic E-state index is 6.27. The first-order valence-corrected chi connectivity index (χ1v) is 7.80. The van der Waals surface area contributed by atoms with Gasteiger partial charge in [-0.15, -0.1) is 0 Å². The molecule has 1 aromatic rings. The van der Waals surface area contributed by atoms with Gasteiger partial charge in [-0.1, -0.05) is 37.6 Å². The molecule has 112 valence electrons. The van der Waals surface area contributed by atoms with Crippen LogP contribution in [0.4, 0.5) is 0 Å². The van der Waals surface area contributed by atoms with Crippen molar-refractivity contribution in [3.8, 4) is 5.75 Å². The second-order valence-corrected chi connectivity index (χ2v) is 5.97. The van der Waals surface area contributed by atoms with E-state index in [1.54, 1.807) is 0 Å². The molecule has 1 atom stereocenters. The summed E-state index contributed by atoms with van der Waals surface area (Å²) in [6, 6.07) is 6.32. The Morgan fingerprint density at radius 1 is 1.40 bits per heavy atom. The zero-order valence-corrected chi connectivity index (χ0v) is 13.1. The van der Waals surface area contributed by atoms with Gasteiger partial charge < -0.3 is 14.8 Å². The Balaban J connectivity index is 1.97. The lowest BCUT2D eigenvalue weighted by molar-refractivity contribution is -0.0112. The van der Waals surface area contributed by atoms with Crippen molar-refractivity contribution in [3.05, 3.63) is 28.8 Å². The fourth-order valence-corrected chi connectivity index (χ4v) is 2.53. The molecule has 1 aliphatic heterocycles. The molecule has 1 aliphatic rings. The van der Waals surface area contributed by atoms with E-state index in [4.69, 9.17) is 21.1 Å². The molecule has 1 heterocycles. The van der Waals surface area contributed by atoms with Crippen LogP contribution in [-0.2, 0) is 11.3 Å². The number of ether oxygens (including phenoxy) is 2. The van der Waals surface area contributed by atoms with E-state index in [0.29, 0.717) is 17.7 Å². The summed E-state index contributed by atoms with van der Waals surface area (Å²) in [7, 11) is 0. The van der Waals surface area contributed by atoms with E-state index in [0.717, 1.165) is 37.3 Å². The van der Waals surface area contributed by atoms with Crippen molar-refractivity contribution >= 4 is 11.6 Å². The Morgan fingerprint density at radius 2 is 2.25 bits per heavy atom. The van der Waals surface area contributed by atoms with Crippen LogP contribution in [-0.4, -0.2) is 25.4 Å². The van der Waals surface area contributed by atoms with Gasteiger partial charge in [-0.25, -0.2) is 0 Å². The molecule has 1 fully saturated rings. The standard InChI is InChI=1S/C16H24ClNO2/c1-12(2)18-10-13-6-5-8-15(17)16(13)20-11-14-7-3-4-9-19-14/h5-6,8,12,14,18H,3-4,7,9-11H2,1-2H3. The Bertz CT molecular complexity index is 417. The summed E-state index contributed by atoms with van der Waals surface area (Å²) in [6.07, 6.45) is 3.65. The minimum atomic E-state index is 0.200. The van der Waals surface area contributed by atoms with Gasteiger partial charge in [-0.2, -0.15) is 0 Å². The highest BCUT2D eigenvalue weighted by atomic mass is 35.5. The Kier molecular flexibility index (Phi) is 6.14. The van der Waals surface area contributed by atoms with Crippen molar-refractivity contribution in [2.45, 2.75) is 51.8 Å². The van der Waals surface area contributed by atoms with Gasteiger partial charge in [0.15, 0.2) is 0 Å². The third-order valence-corrected chi connectivity index (χ3v) is 3.73. The average molecular weight is 298 g/mol. The van der Waals surface area contributed by atoms with Gasteiger partial charge in [-0.05, 0) is 25.3 Å². The van der Waals surface area contributed by atoms with Crippen LogP contribution in [0.15, 0.2) is 18.2 Å². The van der Waals surface area contributed by atoms with Gasteiger partial charge in [0.25, 0.3) is 0 Å². The minimum Gasteiger partial charge on any atom is -0.489 e. The molecule has 0 bridgehead atoms. The number of nitrogens with one attached hydrogen (secondary N) is 1. The SMILES string of the molecule is CC(C)NCc1cccc(Cl)c1OCC1CCCCO1. The molecule has 0 radical (unpaired) electrons. The molecule has 0 spiro atoms. The summed E-state index contributed by atoms with van der Waals surface area (Å²) in [5.74, 6) is 0.788. The van der Waals surface area contributed by atoms with E-state index in [-0.39, 0.29) is 6.10 Å². The zero-order valence-electron chi connectivity index (χ0n) is 12.3. The van der Waals surface area contributed by atoms with Crippen LogP contribution < -0.4 is 10.1 Å². The molecule has 1 N–H and O–H groups in total. The minimum absolute atomic E-state index is 0.200. The largest absolute Gasteiger partial charge is 0.489 e. The predicted octanol–water partition coefficient (Wildman–Crippen LogP) is 3.79. The van der Waals surface area contributed by atoms with Gasteiger partial charge in [0.1, 0.15) is 12.4 Å². The summed E-state index contributed by atoms with van der Waals surface area (Å²) < 4.78 is 11.6. The summed E-state index contributed by atoms with van der Waals surface area (Å²) in [5, 5.41) is 4.07. The van der Waals surface area contributed by atoms with Crippen LogP contribution in [0.2, 0.25) is 5.02 Å². The third kappa shape index (κ3) is 4.65. The first-order valence-electron chi connectivity index (χ1n) is 7.42. The molecule has 0 amide bonds. The number of halogens is 1. The lowest BCUT2D eigenvalue weighted by atomic mass is 10.1. The van der Waals surface area contributed by atoms with Crippen LogP contribution in [0.25, 0.3) is 0 Å². The highest BCUT2D eigenvalue weighted by Gasteiger charge is 2.16. The van der Waals surface area contributed by atoms with Gasteiger partial charge in [-0.3, -0.25) is 0 Å². The van der Waals surface area contributed by atoms with Crippen LogP contribution in [0.5, 0.6) is 5.75 Å². The number of para-hydroxylation sites is 1. The predicted molar refractivity (Wildman–Crippen MR) is 82.5 cm³/mol. The lowest BCUT2D eigenvalue weighted by Crippen LogP contribution is -2.26.